The lowest BCUT2D eigenvalue weighted by Gasteiger charge is -1.89. The number of pyridine rings is 1. The van der Waals surface area contributed by atoms with E-state index in [1.807, 2.05) is 31.2 Å². The van der Waals surface area contributed by atoms with Gasteiger partial charge < -0.3 is 0 Å². The van der Waals surface area contributed by atoms with Crippen LogP contribution in [-0.4, -0.2) is 19.7 Å². The fourth-order valence-corrected chi connectivity index (χ4v) is 1.16. The molecule has 0 unspecified atom stereocenters. The quantitative estimate of drug-likeness (QED) is 0.550. The van der Waals surface area contributed by atoms with E-state index in [2.05, 4.69) is 24.0 Å². The second-order valence-corrected chi connectivity index (χ2v) is 3.53. The fourth-order valence-electron chi connectivity index (χ4n) is 1.16. The monoisotopic (exact) mass is 224 g/mol. The lowest BCUT2D eigenvalue weighted by molar-refractivity contribution is 0.111. The maximum Gasteiger partial charge on any atom is 0.168 e. The SMILES string of the molecule is Cc1ccccc1.Cc1ccnc(C=O)c1.[B]. The molecule has 0 saturated heterocycles. The topological polar surface area (TPSA) is 30.0 Å². The van der Waals surface area contributed by atoms with E-state index in [-0.39, 0.29) is 8.41 Å². The highest BCUT2D eigenvalue weighted by molar-refractivity contribution is 5.75. The van der Waals surface area contributed by atoms with Crippen LogP contribution in [-0.2, 0) is 0 Å². The highest BCUT2D eigenvalue weighted by Gasteiger charge is 1.87. The van der Waals surface area contributed by atoms with Crippen LogP contribution in [0.15, 0.2) is 48.7 Å². The number of carbonyl (C=O) groups is 1. The highest BCUT2D eigenvalue weighted by Crippen LogP contribution is 1.95. The fraction of sp³-hybridized carbons (Fsp3) is 0.143. The van der Waals surface area contributed by atoms with Crippen molar-refractivity contribution in [2.75, 3.05) is 0 Å². The van der Waals surface area contributed by atoms with Gasteiger partial charge in [-0.05, 0) is 31.5 Å². The Morgan fingerprint density at radius 1 is 1.00 bits per heavy atom. The molecule has 0 N–H and O–H groups in total. The number of aldehydes is 1. The molecule has 85 valence electrons. The number of hydrogen-bond acceptors (Lipinski definition) is 2. The van der Waals surface area contributed by atoms with Gasteiger partial charge in [0.2, 0.25) is 0 Å². The van der Waals surface area contributed by atoms with Crippen LogP contribution in [0.2, 0.25) is 0 Å². The van der Waals surface area contributed by atoms with Gasteiger partial charge >= 0.3 is 0 Å². The number of carbonyl (C=O) groups excluding carboxylic acids is 1. The van der Waals surface area contributed by atoms with Crippen molar-refractivity contribution in [2.45, 2.75) is 13.8 Å². The number of aryl methyl sites for hydroxylation is 2. The molecule has 0 aliphatic carbocycles. The van der Waals surface area contributed by atoms with Crippen LogP contribution in [0, 0.1) is 13.8 Å². The van der Waals surface area contributed by atoms with Crippen LogP contribution in [0.1, 0.15) is 21.6 Å². The molecule has 0 amide bonds. The molecule has 3 heteroatoms. The first kappa shape index (κ1) is 15.1. The molecule has 2 aromatic rings. The number of benzene rings is 1. The van der Waals surface area contributed by atoms with Crippen LogP contribution in [0.5, 0.6) is 0 Å². The lowest BCUT2D eigenvalue weighted by atomic mass is 10.2. The average Bonchev–Trinajstić information content (AvgIpc) is 2.31. The first-order valence-corrected chi connectivity index (χ1v) is 5.12. The van der Waals surface area contributed by atoms with Gasteiger partial charge in [-0.15, -0.1) is 0 Å². The average molecular weight is 224 g/mol. The summed E-state index contributed by atoms with van der Waals surface area (Å²) in [7, 11) is 0. The van der Waals surface area contributed by atoms with Crippen LogP contribution >= 0.6 is 0 Å². The molecule has 0 aliphatic heterocycles. The van der Waals surface area contributed by atoms with Gasteiger partial charge in [0.15, 0.2) is 6.29 Å². The molecule has 0 saturated carbocycles. The van der Waals surface area contributed by atoms with E-state index in [0.29, 0.717) is 5.69 Å². The number of hydrogen-bond donors (Lipinski definition) is 0. The zero-order valence-corrected chi connectivity index (χ0v) is 10.1. The Bertz CT molecular complexity index is 443. The second kappa shape index (κ2) is 8.28. The molecule has 0 atom stereocenters. The van der Waals surface area contributed by atoms with Crippen LogP contribution in [0.25, 0.3) is 0 Å². The van der Waals surface area contributed by atoms with Gasteiger partial charge in [0.05, 0.1) is 0 Å². The van der Waals surface area contributed by atoms with Crippen molar-refractivity contribution >= 4 is 14.7 Å². The van der Waals surface area contributed by atoms with Crippen LogP contribution < -0.4 is 0 Å². The highest BCUT2D eigenvalue weighted by atomic mass is 16.1. The van der Waals surface area contributed by atoms with E-state index in [9.17, 15) is 4.79 Å². The second-order valence-electron chi connectivity index (χ2n) is 3.53. The van der Waals surface area contributed by atoms with E-state index in [1.54, 1.807) is 12.3 Å². The molecule has 17 heavy (non-hydrogen) atoms. The Hall–Kier alpha value is -1.90. The van der Waals surface area contributed by atoms with E-state index in [4.69, 9.17) is 0 Å². The van der Waals surface area contributed by atoms with Crippen molar-refractivity contribution < 1.29 is 4.79 Å². The van der Waals surface area contributed by atoms with Gasteiger partial charge in [0.1, 0.15) is 5.69 Å². The Kier molecular flexibility index (Phi) is 7.36. The van der Waals surface area contributed by atoms with Gasteiger partial charge in [0, 0.05) is 14.6 Å². The summed E-state index contributed by atoms with van der Waals surface area (Å²) in [6.07, 6.45) is 2.37. The molecule has 1 aromatic carbocycles. The molecule has 0 aliphatic rings. The number of aromatic nitrogens is 1. The number of rotatable bonds is 1. The van der Waals surface area contributed by atoms with Crippen LogP contribution in [0.3, 0.4) is 0 Å². The molecule has 3 radical (unpaired) electrons. The molecule has 2 nitrogen and oxygen atoms in total. The van der Waals surface area contributed by atoms with Gasteiger partial charge in [-0.2, -0.15) is 0 Å². The lowest BCUT2D eigenvalue weighted by Crippen LogP contribution is -1.84. The largest absolute Gasteiger partial charge is 0.296 e. The Balaban J connectivity index is 0.000000292. The summed E-state index contributed by atoms with van der Waals surface area (Å²) < 4.78 is 0. The predicted octanol–water partition coefficient (Wildman–Crippen LogP) is 2.82. The summed E-state index contributed by atoms with van der Waals surface area (Å²) in [4.78, 5) is 13.9. The van der Waals surface area contributed by atoms with Crippen molar-refractivity contribution in [3.63, 3.8) is 0 Å². The molecule has 1 heterocycles. The minimum atomic E-state index is 0. The van der Waals surface area contributed by atoms with Crippen molar-refractivity contribution in [3.05, 3.63) is 65.5 Å². The van der Waals surface area contributed by atoms with Gasteiger partial charge in [-0.3, -0.25) is 9.78 Å². The summed E-state index contributed by atoms with van der Waals surface area (Å²) in [5.41, 5.74) is 2.88. The molecule has 0 spiro atoms. The Morgan fingerprint density at radius 2 is 1.65 bits per heavy atom. The molecule has 1 aromatic heterocycles. The molecule has 0 bridgehead atoms. The zero-order chi connectivity index (χ0) is 11.8. The smallest absolute Gasteiger partial charge is 0.168 e. The predicted molar refractivity (Wildman–Crippen MR) is 71.3 cm³/mol. The first-order valence-electron chi connectivity index (χ1n) is 5.12. The standard InChI is InChI=1S/C7H7NO.C7H8.B/c1-6-2-3-8-7(4-6)5-9;1-7-5-3-2-4-6-7;/h2-5H,1H3;2-6H,1H3;. The molecule has 2 rings (SSSR count). The van der Waals surface area contributed by atoms with Crippen molar-refractivity contribution in [1.82, 2.24) is 4.98 Å². The van der Waals surface area contributed by atoms with E-state index >= 15 is 0 Å². The Labute approximate surface area is 104 Å². The molecular weight excluding hydrogens is 209 g/mol. The van der Waals surface area contributed by atoms with Crippen molar-refractivity contribution in [3.8, 4) is 0 Å². The summed E-state index contributed by atoms with van der Waals surface area (Å²) in [5, 5.41) is 0. The third-order valence-corrected chi connectivity index (χ3v) is 2.00. The normalized spacial score (nSPS) is 8.35. The molecular formula is C14H15BNO. The minimum Gasteiger partial charge on any atom is -0.296 e. The van der Waals surface area contributed by atoms with Crippen molar-refractivity contribution in [2.24, 2.45) is 0 Å². The van der Waals surface area contributed by atoms with Crippen molar-refractivity contribution in [1.29, 1.82) is 0 Å². The van der Waals surface area contributed by atoms with Gasteiger partial charge in [-0.25, -0.2) is 0 Å². The molecule has 0 fully saturated rings. The van der Waals surface area contributed by atoms with Crippen LogP contribution in [0.4, 0.5) is 0 Å². The summed E-state index contributed by atoms with van der Waals surface area (Å²) in [6, 6.07) is 13.9. The maximum atomic E-state index is 10.1. The third kappa shape index (κ3) is 6.31. The number of nitrogens with zero attached hydrogens (tertiary/aromatic N) is 1. The minimum absolute atomic E-state index is 0. The third-order valence-electron chi connectivity index (χ3n) is 2.00. The van der Waals surface area contributed by atoms with Gasteiger partial charge in [-0.1, -0.05) is 35.9 Å². The maximum absolute atomic E-state index is 10.1. The summed E-state index contributed by atoms with van der Waals surface area (Å²) in [5.74, 6) is 0. The first-order chi connectivity index (χ1) is 7.72. The van der Waals surface area contributed by atoms with E-state index in [0.717, 1.165) is 11.8 Å². The Morgan fingerprint density at radius 3 is 2.00 bits per heavy atom. The summed E-state index contributed by atoms with van der Waals surface area (Å²) in [6.45, 7) is 4.01. The van der Waals surface area contributed by atoms with E-state index in [1.165, 1.54) is 5.56 Å². The van der Waals surface area contributed by atoms with Gasteiger partial charge in [0.25, 0.3) is 0 Å². The zero-order valence-electron chi connectivity index (χ0n) is 10.1. The summed E-state index contributed by atoms with van der Waals surface area (Å²) >= 11 is 0. The van der Waals surface area contributed by atoms with E-state index < -0.39 is 0 Å².